The molecule has 146 valence electrons. The van der Waals surface area contributed by atoms with Gasteiger partial charge >= 0.3 is 5.97 Å². The lowest BCUT2D eigenvalue weighted by atomic mass is 10.2. The van der Waals surface area contributed by atoms with Crippen LogP contribution in [0.25, 0.3) is 11.8 Å². The van der Waals surface area contributed by atoms with Gasteiger partial charge in [0.05, 0.1) is 11.5 Å². The molecule has 0 atom stereocenters. The van der Waals surface area contributed by atoms with Crippen molar-refractivity contribution in [3.63, 3.8) is 0 Å². The molecule has 2 heterocycles. The first-order valence-corrected chi connectivity index (χ1v) is 9.49. The average molecular weight is 402 g/mol. The zero-order valence-electron chi connectivity index (χ0n) is 15.7. The summed E-state index contributed by atoms with van der Waals surface area (Å²) >= 11 is 0.790. The molecule has 1 aliphatic rings. The van der Waals surface area contributed by atoms with E-state index in [1.807, 2.05) is 24.5 Å². The van der Waals surface area contributed by atoms with Crippen molar-refractivity contribution in [3.05, 3.63) is 58.0 Å². The van der Waals surface area contributed by atoms with Crippen LogP contribution < -0.4 is 0 Å². The van der Waals surface area contributed by atoms with Gasteiger partial charge in [-0.05, 0) is 74.5 Å². The second kappa shape index (κ2) is 8.02. The van der Waals surface area contributed by atoms with Gasteiger partial charge in [0.15, 0.2) is 0 Å². The second-order valence-corrected chi connectivity index (χ2v) is 7.20. The lowest BCUT2D eigenvalue weighted by molar-refractivity contribution is -0.145. The summed E-state index contributed by atoms with van der Waals surface area (Å²) in [5.41, 5.74) is 3.32. The molecule has 3 rings (SSSR count). The lowest BCUT2D eigenvalue weighted by Gasteiger charge is -2.10. The van der Waals surface area contributed by atoms with Gasteiger partial charge < -0.3 is 9.30 Å². The van der Waals surface area contributed by atoms with Crippen molar-refractivity contribution in [2.24, 2.45) is 0 Å². The molecule has 8 heteroatoms. The maximum Gasteiger partial charge on any atom is 0.326 e. The fourth-order valence-corrected chi connectivity index (χ4v) is 3.86. The Morgan fingerprint density at radius 1 is 1.21 bits per heavy atom. The minimum Gasteiger partial charge on any atom is -0.465 e. The van der Waals surface area contributed by atoms with Crippen molar-refractivity contribution in [2.45, 2.75) is 20.8 Å². The third-order valence-corrected chi connectivity index (χ3v) is 5.22. The summed E-state index contributed by atoms with van der Waals surface area (Å²) in [5, 5.41) is -0.503. The van der Waals surface area contributed by atoms with Crippen LogP contribution in [0.1, 0.15) is 23.9 Å². The van der Waals surface area contributed by atoms with Crippen LogP contribution in [0.2, 0.25) is 0 Å². The molecule has 2 aromatic rings. The van der Waals surface area contributed by atoms with E-state index in [0.29, 0.717) is 0 Å². The maximum atomic E-state index is 13.2. The van der Waals surface area contributed by atoms with Gasteiger partial charge in [0.25, 0.3) is 11.1 Å². The number of esters is 1. The summed E-state index contributed by atoms with van der Waals surface area (Å²) in [5.74, 6) is -1.46. The Kier molecular flexibility index (Phi) is 5.69. The number of carbonyl (C=O) groups excluding carboxylic acids is 3. The van der Waals surface area contributed by atoms with E-state index in [2.05, 4.69) is 0 Å². The van der Waals surface area contributed by atoms with Crippen molar-refractivity contribution < 1.29 is 23.5 Å². The van der Waals surface area contributed by atoms with E-state index in [0.717, 1.165) is 39.3 Å². The molecule has 1 aliphatic heterocycles. The van der Waals surface area contributed by atoms with Crippen molar-refractivity contribution in [1.82, 2.24) is 9.47 Å². The largest absolute Gasteiger partial charge is 0.465 e. The number of amides is 2. The molecule has 0 N–H and O–H groups in total. The summed E-state index contributed by atoms with van der Waals surface area (Å²) < 4.78 is 20.0. The number of halogens is 1. The fraction of sp³-hybridized carbons (Fsp3) is 0.250. The standard InChI is InChI=1S/C20H19FN2O4S/c1-4-27-18(24)11-22-19(25)17(28-20(22)26)10-14-9-12(2)23(13(14)3)16-7-5-15(21)6-8-16/h5-10H,4,11H2,1-3H3. The fourth-order valence-electron chi connectivity index (χ4n) is 3.03. The number of aryl methyl sites for hydroxylation is 1. The van der Waals surface area contributed by atoms with Gasteiger partial charge in [-0.25, -0.2) is 4.39 Å². The normalized spacial score (nSPS) is 15.6. The Bertz CT molecular complexity index is 979. The monoisotopic (exact) mass is 402 g/mol. The predicted molar refractivity (Wildman–Crippen MR) is 105 cm³/mol. The van der Waals surface area contributed by atoms with Crippen LogP contribution in [-0.2, 0) is 14.3 Å². The molecule has 1 aromatic heterocycles. The molecule has 1 aromatic carbocycles. The van der Waals surface area contributed by atoms with E-state index < -0.39 is 23.7 Å². The molecule has 6 nitrogen and oxygen atoms in total. The van der Waals surface area contributed by atoms with Crippen LogP contribution in [0, 0.1) is 19.7 Å². The van der Waals surface area contributed by atoms with E-state index >= 15 is 0 Å². The number of hydrogen-bond donors (Lipinski definition) is 0. The number of rotatable bonds is 5. The van der Waals surface area contributed by atoms with Crippen LogP contribution in [-0.4, -0.2) is 39.7 Å². The van der Waals surface area contributed by atoms with E-state index in [1.165, 1.54) is 12.1 Å². The van der Waals surface area contributed by atoms with Crippen LogP contribution in [0.5, 0.6) is 0 Å². The zero-order valence-corrected chi connectivity index (χ0v) is 16.5. The number of ether oxygens (including phenoxy) is 1. The zero-order chi connectivity index (χ0) is 20.4. The van der Waals surface area contributed by atoms with E-state index in [4.69, 9.17) is 4.74 Å². The summed E-state index contributed by atoms with van der Waals surface area (Å²) in [6.07, 6.45) is 1.64. The van der Waals surface area contributed by atoms with E-state index in [-0.39, 0.29) is 17.3 Å². The molecule has 0 saturated carbocycles. The number of nitrogens with zero attached hydrogens (tertiary/aromatic N) is 2. The van der Waals surface area contributed by atoms with Crippen LogP contribution in [0.4, 0.5) is 9.18 Å². The van der Waals surface area contributed by atoms with Crippen molar-refractivity contribution >= 4 is 35.0 Å². The predicted octanol–water partition coefficient (Wildman–Crippen LogP) is 3.83. The van der Waals surface area contributed by atoms with Crippen LogP contribution in [0.15, 0.2) is 35.2 Å². The molecular formula is C20H19FN2O4S. The van der Waals surface area contributed by atoms with Crippen LogP contribution in [0.3, 0.4) is 0 Å². The molecular weight excluding hydrogens is 383 g/mol. The first-order valence-electron chi connectivity index (χ1n) is 8.67. The highest BCUT2D eigenvalue weighted by atomic mass is 32.2. The Labute approximate surface area is 166 Å². The van der Waals surface area contributed by atoms with Gasteiger partial charge in [0, 0.05) is 17.1 Å². The highest BCUT2D eigenvalue weighted by Gasteiger charge is 2.36. The third kappa shape index (κ3) is 3.87. The smallest absolute Gasteiger partial charge is 0.326 e. The highest BCUT2D eigenvalue weighted by Crippen LogP contribution is 2.33. The molecule has 0 spiro atoms. The molecule has 0 radical (unpaired) electrons. The van der Waals surface area contributed by atoms with Crippen molar-refractivity contribution in [3.8, 4) is 5.69 Å². The summed E-state index contributed by atoms with van der Waals surface area (Å²) in [7, 11) is 0. The van der Waals surface area contributed by atoms with Crippen molar-refractivity contribution in [2.75, 3.05) is 13.2 Å². The average Bonchev–Trinajstić information content (AvgIpc) is 3.06. The first-order chi connectivity index (χ1) is 13.3. The van der Waals surface area contributed by atoms with E-state index in [9.17, 15) is 18.8 Å². The van der Waals surface area contributed by atoms with Crippen LogP contribution >= 0.6 is 11.8 Å². The molecule has 0 unspecified atom stereocenters. The van der Waals surface area contributed by atoms with Gasteiger partial charge in [0.2, 0.25) is 0 Å². The Morgan fingerprint density at radius 3 is 2.54 bits per heavy atom. The highest BCUT2D eigenvalue weighted by molar-refractivity contribution is 8.18. The minimum absolute atomic E-state index is 0.181. The molecule has 28 heavy (non-hydrogen) atoms. The summed E-state index contributed by atoms with van der Waals surface area (Å²) in [4.78, 5) is 37.4. The number of hydrogen-bond acceptors (Lipinski definition) is 5. The van der Waals surface area contributed by atoms with Gasteiger partial charge in [-0.1, -0.05) is 0 Å². The molecule has 1 saturated heterocycles. The Hall–Kier alpha value is -2.87. The van der Waals surface area contributed by atoms with E-state index in [1.54, 1.807) is 25.1 Å². The number of imide groups is 1. The number of carbonyl (C=O) groups is 3. The summed E-state index contributed by atoms with van der Waals surface area (Å²) in [6, 6.07) is 8.00. The Balaban J connectivity index is 1.89. The second-order valence-electron chi connectivity index (χ2n) is 6.21. The summed E-state index contributed by atoms with van der Waals surface area (Å²) in [6.45, 7) is 5.22. The lowest BCUT2D eigenvalue weighted by Crippen LogP contribution is -2.34. The number of thioether (sulfide) groups is 1. The first kappa shape index (κ1) is 19.9. The topological polar surface area (TPSA) is 68.6 Å². The molecule has 1 fully saturated rings. The van der Waals surface area contributed by atoms with Gasteiger partial charge in [-0.3, -0.25) is 19.3 Å². The molecule has 0 bridgehead atoms. The molecule has 0 aliphatic carbocycles. The third-order valence-electron chi connectivity index (χ3n) is 4.31. The SMILES string of the molecule is CCOC(=O)CN1C(=O)SC(=Cc2cc(C)n(-c3ccc(F)cc3)c2C)C1=O. The maximum absolute atomic E-state index is 13.2. The van der Waals surface area contributed by atoms with Crippen molar-refractivity contribution in [1.29, 1.82) is 0 Å². The minimum atomic E-state index is -0.625. The van der Waals surface area contributed by atoms with Gasteiger partial charge in [-0.15, -0.1) is 0 Å². The Morgan fingerprint density at radius 2 is 1.89 bits per heavy atom. The molecule has 2 amide bonds. The number of benzene rings is 1. The number of aromatic nitrogens is 1. The quantitative estimate of drug-likeness (QED) is 0.562. The van der Waals surface area contributed by atoms with Gasteiger partial charge in [-0.2, -0.15) is 0 Å². The van der Waals surface area contributed by atoms with Gasteiger partial charge in [0.1, 0.15) is 12.4 Å².